The van der Waals surface area contributed by atoms with Crippen molar-refractivity contribution in [3.63, 3.8) is 0 Å². The van der Waals surface area contributed by atoms with Gasteiger partial charge >= 0.3 is 12.4 Å². The number of aryl methyl sites for hydroxylation is 9. The molecule has 8 aromatic carbocycles. The minimum absolute atomic E-state index is 0.00639. The van der Waals surface area contributed by atoms with Crippen LogP contribution < -0.4 is 28.1 Å². The highest BCUT2D eigenvalue weighted by atomic mass is 35.5. The van der Waals surface area contributed by atoms with Gasteiger partial charge in [-0.15, -0.1) is 0 Å². The minimum Gasteiger partial charge on any atom is -0.394 e. The molecule has 764 valence electrons. The number of aromatic nitrogens is 12. The molecule has 0 fully saturated rings. The number of imidazole rings is 4. The predicted molar refractivity (Wildman–Crippen MR) is 542 cm³/mol. The number of hydrogen-bond donors (Lipinski definition) is 4. The number of carbonyl (C=O) groups excluding carboxylic acids is 1. The van der Waals surface area contributed by atoms with Crippen LogP contribution in [-0.2, 0) is 12.4 Å². The normalized spacial score (nSPS) is 12.7. The maximum atomic E-state index is 14.4. The van der Waals surface area contributed by atoms with Gasteiger partial charge in [-0.2, -0.15) is 31.4 Å². The first-order valence-corrected chi connectivity index (χ1v) is 47.4. The van der Waals surface area contributed by atoms with Gasteiger partial charge in [0.15, 0.2) is 5.78 Å². The summed E-state index contributed by atoms with van der Waals surface area (Å²) in [5.74, 6) is 0.0391. The highest BCUT2D eigenvalue weighted by Gasteiger charge is 2.38. The van der Waals surface area contributed by atoms with E-state index in [4.69, 9.17) is 22.9 Å². The van der Waals surface area contributed by atoms with Crippen LogP contribution in [0.25, 0.3) is 22.7 Å². The summed E-state index contributed by atoms with van der Waals surface area (Å²) in [6.07, 6.45) is 9.30. The zero-order valence-corrected chi connectivity index (χ0v) is 83.8. The van der Waals surface area contributed by atoms with Crippen LogP contribution in [0.4, 0.5) is 52.7 Å². The van der Waals surface area contributed by atoms with Crippen LogP contribution in [0.15, 0.2) is 263 Å². The largest absolute Gasteiger partial charge is 0.417 e. The lowest BCUT2D eigenvalue weighted by Crippen LogP contribution is -2.32. The number of benzene rings is 8. The number of halogens is 13. The standard InChI is InChI=1S/C29H28F5N3O2.C29H26F5N3O2.C28H27ClF2N4O.C26H27N5O2/c2*1-5-6-26(20-10-23(30)18(4)24(31)11-20)37-14-21(29(32,33)34)12-22(28(37)39)27(38)19-7-8-25(16(2)9-19)36-13-17(3)35-15-36;1-5-6-26(20-10-23(30)18(4)24(31)11-20)35-14-21(29)12-22(28(35)36)27(32)19-7-8-25(16(2)9-19)34-13-17(3)33-15-34;1-17-6-8-20(9-7-17)24(15-32)31-12-4-5-22(26(31)33)25(29-27)21-10-11-23(18(2)13-21)30-14-19(3)28-16-30/h7-15,26-27,38H,5-6H2,1-4H3;7-15,26H,5-6H2,1-4H3;7-15,26,32H,5-6H2,1-4H3;4-14,16,24,32H,15,27H2,1-3H3/b;;;29-25+. The summed E-state index contributed by atoms with van der Waals surface area (Å²) in [6, 6.07) is 37.7. The van der Waals surface area contributed by atoms with Crippen molar-refractivity contribution in [1.82, 2.24) is 56.5 Å². The van der Waals surface area contributed by atoms with Crippen LogP contribution in [0.5, 0.6) is 0 Å². The van der Waals surface area contributed by atoms with Crippen LogP contribution in [0, 0.1) is 123 Å². The molecule has 8 aromatic heterocycles. The van der Waals surface area contributed by atoms with E-state index in [-0.39, 0.29) is 80.2 Å². The molecule has 16 rings (SSSR count). The topological polar surface area (TPSA) is 279 Å². The highest BCUT2D eigenvalue weighted by molar-refractivity contribution is 6.31. The Balaban J connectivity index is 0.000000164. The van der Waals surface area contributed by atoms with Crippen LogP contribution >= 0.6 is 11.6 Å². The van der Waals surface area contributed by atoms with E-state index >= 15 is 0 Å². The second kappa shape index (κ2) is 45.9. The van der Waals surface area contributed by atoms with Crippen molar-refractivity contribution in [1.29, 1.82) is 5.41 Å². The average molecular weight is 2040 g/mol. The van der Waals surface area contributed by atoms with E-state index in [1.807, 2.05) is 132 Å². The molecule has 0 amide bonds. The third-order valence-electron chi connectivity index (χ3n) is 25.6. The molecule has 5 unspecified atom stereocenters. The first-order chi connectivity index (χ1) is 69.6. The van der Waals surface area contributed by atoms with Crippen molar-refractivity contribution in [2.75, 3.05) is 6.61 Å². The second-order valence-electron chi connectivity index (χ2n) is 36.3. The number of ketones is 1. The number of nitrogens with one attached hydrogen (secondary N) is 1. The van der Waals surface area contributed by atoms with E-state index in [0.717, 1.165) is 101 Å². The number of aliphatic hydroxyl groups excluding tert-OH is 2. The molecule has 0 aliphatic rings. The van der Waals surface area contributed by atoms with Crippen LogP contribution in [0.1, 0.15) is 240 Å². The van der Waals surface area contributed by atoms with Crippen molar-refractivity contribution in [2.24, 2.45) is 10.9 Å². The van der Waals surface area contributed by atoms with Crippen molar-refractivity contribution < 1.29 is 67.7 Å². The minimum atomic E-state index is -4.88. The number of alkyl halides is 6. The van der Waals surface area contributed by atoms with Gasteiger partial charge in [-0.3, -0.25) is 29.4 Å². The smallest absolute Gasteiger partial charge is 0.394 e. The number of carbonyl (C=O) groups is 1. The van der Waals surface area contributed by atoms with Crippen molar-refractivity contribution >= 4 is 28.8 Å². The second-order valence-corrected chi connectivity index (χ2v) is 36.8. The Kier molecular flexibility index (Phi) is 34.0. The summed E-state index contributed by atoms with van der Waals surface area (Å²) in [4.78, 5) is 84.5. The molecule has 22 nitrogen and oxygen atoms in total. The summed E-state index contributed by atoms with van der Waals surface area (Å²) in [5.41, 5.74) is 8.04. The van der Waals surface area contributed by atoms with Gasteiger partial charge in [-0.05, 0) is 268 Å². The Bertz CT molecular complexity index is 7850. The SMILES string of the molecule is CCCC(c1cc(F)c(C)c(F)c1)n1cc(C(F)(F)F)cc(C(=O)c2ccc(-n3cnc(C)c3)c(C)c2)c1=O.CCCC(c1cc(F)c(C)c(F)c1)n1cc(C(F)(F)F)cc(C(O)c2ccc(-n3cnc(C)c3)c(C)c2)c1=O.CCCC(c1cc(F)c(C)c(F)c1)n1cc(Cl)cc(C(=N)c2ccc(-n3cnc(C)c3)c(C)c2)c1=O.Cc1ccc(C(CO)n2cccc(/C(=N/N)c3ccc(-n4cnc(C)c4)c(C)c3)c2=O)cc1. The summed E-state index contributed by atoms with van der Waals surface area (Å²) < 4.78 is 182. The first-order valence-electron chi connectivity index (χ1n) is 47.1. The summed E-state index contributed by atoms with van der Waals surface area (Å²) in [6.45, 7) is 25.9. The van der Waals surface area contributed by atoms with E-state index in [2.05, 4.69) is 25.0 Å². The molecule has 0 aliphatic carbocycles. The molecule has 0 radical (unpaired) electrons. The number of nitrogens with zero attached hydrogens (tertiary/aromatic N) is 13. The maximum absolute atomic E-state index is 14.4. The Morgan fingerprint density at radius 2 is 0.755 bits per heavy atom. The zero-order valence-electron chi connectivity index (χ0n) is 83.1. The van der Waals surface area contributed by atoms with Crippen LogP contribution in [-0.4, -0.2) is 90.5 Å². The molecular weight excluding hydrogens is 1930 g/mol. The third kappa shape index (κ3) is 24.4. The zero-order chi connectivity index (χ0) is 107. The van der Waals surface area contributed by atoms with Gasteiger partial charge in [-0.1, -0.05) is 106 Å². The van der Waals surface area contributed by atoms with Gasteiger partial charge in [-0.25, -0.2) is 46.3 Å². The van der Waals surface area contributed by atoms with Crippen LogP contribution in [0.2, 0.25) is 5.02 Å². The van der Waals surface area contributed by atoms with E-state index in [0.29, 0.717) is 89.4 Å². The van der Waals surface area contributed by atoms with Gasteiger partial charge in [0.1, 0.15) is 46.7 Å². The van der Waals surface area contributed by atoms with Gasteiger partial charge in [0.05, 0.1) is 123 Å². The molecule has 0 spiro atoms. The molecular formula is C112H108ClF12N15O7. The first kappa shape index (κ1) is 109. The molecule has 0 bridgehead atoms. The maximum Gasteiger partial charge on any atom is 0.417 e. The van der Waals surface area contributed by atoms with E-state index in [9.17, 15) is 86.9 Å². The Morgan fingerprint density at radius 1 is 0.401 bits per heavy atom. The molecule has 5 atom stereocenters. The monoisotopic (exact) mass is 2040 g/mol. The summed E-state index contributed by atoms with van der Waals surface area (Å²) in [7, 11) is 0. The summed E-state index contributed by atoms with van der Waals surface area (Å²) >= 11 is 6.40. The number of aliphatic hydroxyl groups is 2. The lowest BCUT2D eigenvalue weighted by molar-refractivity contribution is -0.139. The molecule has 0 saturated carbocycles. The summed E-state index contributed by atoms with van der Waals surface area (Å²) in [5, 5.41) is 34.3. The van der Waals surface area contributed by atoms with Crippen molar-refractivity contribution in [3.05, 3.63) is 465 Å². The van der Waals surface area contributed by atoms with Crippen molar-refractivity contribution in [2.45, 2.75) is 185 Å². The fourth-order valence-electron chi connectivity index (χ4n) is 17.6. The lowest BCUT2D eigenvalue weighted by Gasteiger charge is -2.24. The fraction of sp³-hybridized carbons (Fsp3) is 0.259. The predicted octanol–water partition coefficient (Wildman–Crippen LogP) is 23.6. The van der Waals surface area contributed by atoms with Gasteiger partial charge < -0.3 is 52.6 Å². The molecule has 16 aromatic rings. The molecule has 8 heterocycles. The Morgan fingerprint density at radius 3 is 1.14 bits per heavy atom. The highest BCUT2D eigenvalue weighted by Crippen LogP contribution is 2.39. The van der Waals surface area contributed by atoms with E-state index in [1.165, 1.54) is 72.5 Å². The van der Waals surface area contributed by atoms with Crippen molar-refractivity contribution in [3.8, 4) is 22.7 Å². The third-order valence-corrected chi connectivity index (χ3v) is 25.8. The number of hydrazone groups is 1. The van der Waals surface area contributed by atoms with Crippen LogP contribution in [0.3, 0.4) is 0 Å². The number of pyridine rings is 4. The van der Waals surface area contributed by atoms with Gasteiger partial charge in [0.2, 0.25) is 0 Å². The quantitative estimate of drug-likeness (QED) is 0.0123. The fourth-order valence-corrected chi connectivity index (χ4v) is 17.8. The van der Waals surface area contributed by atoms with Gasteiger partial charge in [0.25, 0.3) is 22.2 Å². The Hall–Kier alpha value is -15.4. The van der Waals surface area contributed by atoms with Gasteiger partial charge in [0, 0.05) is 106 Å². The molecule has 5 N–H and O–H groups in total. The Labute approximate surface area is 844 Å². The van der Waals surface area contributed by atoms with E-state index in [1.54, 1.807) is 117 Å². The number of hydrogen-bond acceptors (Lipinski definition) is 14. The number of rotatable bonds is 27. The lowest BCUT2D eigenvalue weighted by atomic mass is 9.96. The average Bonchev–Trinajstić information content (AvgIpc) is 1.12. The number of nitrogens with two attached hydrogens (primary N) is 1. The molecule has 0 saturated heterocycles. The molecule has 35 heteroatoms. The molecule has 147 heavy (non-hydrogen) atoms. The molecule has 0 aliphatic heterocycles. The van der Waals surface area contributed by atoms with E-state index < -0.39 is 122 Å².